The summed E-state index contributed by atoms with van der Waals surface area (Å²) in [6, 6.07) is 5.98. The molecule has 182 valence electrons. The number of benzene rings is 1. The zero-order valence-corrected chi connectivity index (χ0v) is 20.0. The third kappa shape index (κ3) is 5.38. The molecule has 1 aliphatic heterocycles. The second-order valence-corrected chi connectivity index (χ2v) is 8.68. The fourth-order valence-electron chi connectivity index (χ4n) is 4.13. The first kappa shape index (κ1) is 24.5. The fraction of sp³-hybridized carbons (Fsp3) is 0.458. The summed E-state index contributed by atoms with van der Waals surface area (Å²) in [5, 5.41) is 9.59. The van der Waals surface area contributed by atoms with Crippen LogP contribution in [-0.4, -0.2) is 77.1 Å². The van der Waals surface area contributed by atoms with Crippen LogP contribution in [-0.2, 0) is 11.3 Å². The largest absolute Gasteiger partial charge is 0.395 e. The van der Waals surface area contributed by atoms with Gasteiger partial charge < -0.3 is 19.3 Å². The van der Waals surface area contributed by atoms with Crippen LogP contribution in [0.15, 0.2) is 35.3 Å². The summed E-state index contributed by atoms with van der Waals surface area (Å²) in [6.45, 7) is 6.84. The van der Waals surface area contributed by atoms with Crippen molar-refractivity contribution in [1.82, 2.24) is 19.4 Å². The molecule has 1 saturated heterocycles. The number of halogens is 2. The summed E-state index contributed by atoms with van der Waals surface area (Å²) >= 11 is 6.08. The molecule has 3 heterocycles. The first-order chi connectivity index (χ1) is 16.5. The molecule has 34 heavy (non-hydrogen) atoms. The number of fused-ring (bicyclic) bond motifs is 1. The number of hydrogen-bond acceptors (Lipinski definition) is 7. The first-order valence-corrected chi connectivity index (χ1v) is 11.9. The van der Waals surface area contributed by atoms with Crippen molar-refractivity contribution in [2.75, 3.05) is 57.4 Å². The summed E-state index contributed by atoms with van der Waals surface area (Å²) in [6.07, 6.45) is 2.46. The third-order valence-electron chi connectivity index (χ3n) is 5.92. The average molecular weight is 490 g/mol. The Kier molecular flexibility index (Phi) is 8.10. The maximum atomic E-state index is 14.5. The first-order valence-electron chi connectivity index (χ1n) is 11.5. The number of rotatable bonds is 9. The van der Waals surface area contributed by atoms with Crippen LogP contribution in [0, 0.1) is 5.82 Å². The number of hydrogen-bond donors (Lipinski definition) is 1. The van der Waals surface area contributed by atoms with Crippen molar-refractivity contribution in [2.45, 2.75) is 19.9 Å². The van der Waals surface area contributed by atoms with Crippen molar-refractivity contribution in [3.63, 3.8) is 0 Å². The quantitative estimate of drug-likeness (QED) is 0.463. The van der Waals surface area contributed by atoms with E-state index >= 15 is 0 Å². The summed E-state index contributed by atoms with van der Waals surface area (Å²) < 4.78 is 21.8. The Labute approximate surface area is 202 Å². The van der Waals surface area contributed by atoms with Crippen LogP contribution in [0.5, 0.6) is 0 Å². The van der Waals surface area contributed by atoms with Crippen LogP contribution in [0.25, 0.3) is 22.3 Å². The molecule has 0 aliphatic carbocycles. The number of anilines is 1. The number of piperazine rings is 1. The normalized spacial score (nSPS) is 14.8. The molecule has 10 heteroatoms. The zero-order valence-electron chi connectivity index (χ0n) is 19.2. The van der Waals surface area contributed by atoms with E-state index in [4.69, 9.17) is 16.3 Å². The Morgan fingerprint density at radius 1 is 1.15 bits per heavy atom. The number of aliphatic hydroxyl groups is 1. The van der Waals surface area contributed by atoms with Crippen molar-refractivity contribution in [2.24, 2.45) is 0 Å². The van der Waals surface area contributed by atoms with Crippen LogP contribution in [0.3, 0.4) is 0 Å². The van der Waals surface area contributed by atoms with Crippen molar-refractivity contribution < 1.29 is 14.2 Å². The highest BCUT2D eigenvalue weighted by molar-refractivity contribution is 6.30. The minimum Gasteiger partial charge on any atom is -0.395 e. The Bertz CT molecular complexity index is 1200. The van der Waals surface area contributed by atoms with Gasteiger partial charge in [-0.25, -0.2) is 9.37 Å². The predicted octanol–water partition coefficient (Wildman–Crippen LogP) is 2.79. The van der Waals surface area contributed by atoms with Gasteiger partial charge in [0, 0.05) is 56.5 Å². The van der Waals surface area contributed by atoms with Gasteiger partial charge in [0.1, 0.15) is 11.3 Å². The van der Waals surface area contributed by atoms with Crippen LogP contribution >= 0.6 is 11.6 Å². The molecule has 3 aromatic rings. The van der Waals surface area contributed by atoms with Gasteiger partial charge in [-0.2, -0.15) is 0 Å². The monoisotopic (exact) mass is 489 g/mol. The van der Waals surface area contributed by atoms with Gasteiger partial charge in [0.25, 0.3) is 5.56 Å². The molecule has 0 amide bonds. The maximum Gasteiger partial charge on any atom is 0.294 e. The van der Waals surface area contributed by atoms with E-state index in [0.29, 0.717) is 67.0 Å². The molecule has 0 bridgehead atoms. The molecule has 0 unspecified atom stereocenters. The maximum absolute atomic E-state index is 14.5. The molecule has 0 spiro atoms. The van der Waals surface area contributed by atoms with Crippen molar-refractivity contribution in [3.8, 4) is 11.3 Å². The Morgan fingerprint density at radius 3 is 2.68 bits per heavy atom. The second-order valence-electron chi connectivity index (χ2n) is 8.24. The van der Waals surface area contributed by atoms with Gasteiger partial charge in [0.15, 0.2) is 5.82 Å². The van der Waals surface area contributed by atoms with Crippen molar-refractivity contribution >= 4 is 28.5 Å². The Hall–Kier alpha value is -2.59. The van der Waals surface area contributed by atoms with Crippen molar-refractivity contribution in [1.29, 1.82) is 0 Å². The summed E-state index contributed by atoms with van der Waals surface area (Å²) in [5.74, 6) is -0.0723. The lowest BCUT2D eigenvalue weighted by Crippen LogP contribution is -2.49. The topological polar surface area (TPSA) is 83.7 Å². The van der Waals surface area contributed by atoms with Gasteiger partial charge in [-0.1, -0.05) is 18.5 Å². The van der Waals surface area contributed by atoms with Gasteiger partial charge in [-0.05, 0) is 30.7 Å². The lowest BCUT2D eigenvalue weighted by molar-refractivity contribution is 0.127. The van der Waals surface area contributed by atoms with E-state index in [0.717, 1.165) is 19.5 Å². The standard InChI is InChI=1S/C24H29ClFN5O3/c1-2-12-34-13-10-31-22-15-20(18-14-17(25)3-4-19(18)26)27-16-21(22)28-23(24(31)33)30-7-5-29(6-8-30)9-11-32/h3-4,14-16,32H,2,5-13H2,1H3. The molecule has 2 aromatic heterocycles. The molecule has 1 N–H and O–H groups in total. The van der Waals surface area contributed by atoms with E-state index in [1.165, 1.54) is 18.2 Å². The predicted molar refractivity (Wildman–Crippen MR) is 131 cm³/mol. The molecular weight excluding hydrogens is 461 g/mol. The number of aromatic nitrogens is 3. The highest BCUT2D eigenvalue weighted by Crippen LogP contribution is 2.27. The zero-order chi connectivity index (χ0) is 24.1. The van der Waals surface area contributed by atoms with E-state index in [-0.39, 0.29) is 17.7 Å². The van der Waals surface area contributed by atoms with Gasteiger partial charge >= 0.3 is 0 Å². The van der Waals surface area contributed by atoms with Gasteiger partial charge in [0.05, 0.1) is 30.6 Å². The van der Waals surface area contributed by atoms with Crippen LogP contribution in [0.4, 0.5) is 10.2 Å². The third-order valence-corrected chi connectivity index (χ3v) is 6.15. The number of aliphatic hydroxyl groups excluding tert-OH is 1. The van der Waals surface area contributed by atoms with Gasteiger partial charge in [0.2, 0.25) is 0 Å². The SMILES string of the molecule is CCCOCCn1c(=O)c(N2CCN(CCO)CC2)nc2cnc(-c3cc(Cl)ccc3F)cc21. The van der Waals surface area contributed by atoms with E-state index in [2.05, 4.69) is 14.9 Å². The van der Waals surface area contributed by atoms with E-state index in [1.54, 1.807) is 16.8 Å². The molecule has 0 atom stereocenters. The lowest BCUT2D eigenvalue weighted by Gasteiger charge is -2.34. The molecule has 8 nitrogen and oxygen atoms in total. The molecule has 1 fully saturated rings. The minimum absolute atomic E-state index is 0.111. The fourth-order valence-corrected chi connectivity index (χ4v) is 4.30. The van der Waals surface area contributed by atoms with Crippen molar-refractivity contribution in [3.05, 3.63) is 51.7 Å². The van der Waals surface area contributed by atoms with Crippen LogP contribution in [0.2, 0.25) is 5.02 Å². The Balaban J connectivity index is 1.74. The van der Waals surface area contributed by atoms with Gasteiger partial charge in [-0.3, -0.25) is 14.7 Å². The summed E-state index contributed by atoms with van der Waals surface area (Å²) in [5.41, 5.74) is 1.54. The lowest BCUT2D eigenvalue weighted by atomic mass is 10.1. The second kappa shape index (κ2) is 11.2. The number of β-amino-alcohol motifs (C(OH)–C–C–N with tert-alkyl or cyclic N) is 1. The van der Waals surface area contributed by atoms with E-state index < -0.39 is 5.82 Å². The highest BCUT2D eigenvalue weighted by Gasteiger charge is 2.22. The van der Waals surface area contributed by atoms with Crippen LogP contribution in [0.1, 0.15) is 13.3 Å². The molecule has 1 aliphatic rings. The van der Waals surface area contributed by atoms with Crippen LogP contribution < -0.4 is 10.5 Å². The van der Waals surface area contributed by atoms with Gasteiger partial charge in [-0.15, -0.1) is 0 Å². The number of ether oxygens (including phenoxy) is 1. The molecular formula is C24H29ClFN5O3. The molecule has 4 rings (SSSR count). The highest BCUT2D eigenvalue weighted by atomic mass is 35.5. The molecule has 0 radical (unpaired) electrons. The van der Waals surface area contributed by atoms with E-state index in [1.807, 2.05) is 11.8 Å². The average Bonchev–Trinajstić information content (AvgIpc) is 2.85. The Morgan fingerprint density at radius 2 is 1.94 bits per heavy atom. The molecule has 0 saturated carbocycles. The number of nitrogens with zero attached hydrogens (tertiary/aromatic N) is 5. The summed E-state index contributed by atoms with van der Waals surface area (Å²) in [7, 11) is 0. The molecule has 1 aromatic carbocycles. The summed E-state index contributed by atoms with van der Waals surface area (Å²) in [4.78, 5) is 26.8. The number of pyridine rings is 1. The minimum atomic E-state index is -0.443. The van der Waals surface area contributed by atoms with E-state index in [9.17, 15) is 14.3 Å². The smallest absolute Gasteiger partial charge is 0.294 e.